The zero-order chi connectivity index (χ0) is 20.0. The van der Waals surface area contributed by atoms with Gasteiger partial charge in [0.05, 0.1) is 17.2 Å². The second kappa shape index (κ2) is 8.88. The quantitative estimate of drug-likeness (QED) is 0.696. The van der Waals surface area contributed by atoms with Crippen LogP contribution in [0.1, 0.15) is 25.1 Å². The molecule has 1 amide bonds. The van der Waals surface area contributed by atoms with E-state index in [0.29, 0.717) is 11.3 Å². The van der Waals surface area contributed by atoms with E-state index in [9.17, 15) is 13.2 Å². The number of furan rings is 1. The Morgan fingerprint density at radius 2 is 1.89 bits per heavy atom. The normalized spacial score (nSPS) is 13.6. The predicted molar refractivity (Wildman–Crippen MR) is 102 cm³/mol. The summed E-state index contributed by atoms with van der Waals surface area (Å²) in [6.07, 6.45) is 0.598. The van der Waals surface area contributed by atoms with Crippen molar-refractivity contribution >= 4 is 16.1 Å². The molecule has 0 bridgehead atoms. The van der Waals surface area contributed by atoms with Gasteiger partial charge in [-0.1, -0.05) is 24.8 Å². The van der Waals surface area contributed by atoms with Crippen LogP contribution in [-0.4, -0.2) is 39.6 Å². The fourth-order valence-electron chi connectivity index (χ4n) is 2.31. The predicted octanol–water partition coefficient (Wildman–Crippen LogP) is 3.33. The average Bonchev–Trinajstić information content (AvgIpc) is 3.16. The van der Waals surface area contributed by atoms with Crippen LogP contribution in [0.3, 0.4) is 0 Å². The molecule has 0 saturated heterocycles. The number of hydrogen-bond acceptors (Lipinski definition) is 5. The molecule has 7 nitrogen and oxygen atoms in total. The van der Waals surface area contributed by atoms with E-state index in [-0.39, 0.29) is 11.3 Å². The van der Waals surface area contributed by atoms with Crippen LogP contribution in [0.5, 0.6) is 0 Å². The van der Waals surface area contributed by atoms with Crippen LogP contribution in [0.2, 0.25) is 0 Å². The first kappa shape index (κ1) is 20.7. The summed E-state index contributed by atoms with van der Waals surface area (Å²) in [4.78, 5) is 13.2. The third kappa shape index (κ3) is 5.70. The average molecular weight is 392 g/mol. The van der Waals surface area contributed by atoms with Crippen LogP contribution in [0.15, 0.2) is 70.2 Å². The lowest BCUT2D eigenvalue weighted by atomic mass is 10.0. The topological polar surface area (TPSA) is 88.9 Å². The zero-order valence-corrected chi connectivity index (χ0v) is 16.4. The monoisotopic (exact) mass is 392 g/mol. The number of ether oxygens (including phenoxy) is 1. The standard InChI is InChI=1S/C19H24N2O5S/c1-14(15(2)26-19(22)21(3)4)13-17(18-11-8-12-25-18)20-27(23,24)16-9-6-5-7-10-16/h5-12,15,17,20H,1,13H2,2-4H3/t15-,17+/m1/s1. The van der Waals surface area contributed by atoms with E-state index >= 15 is 0 Å². The smallest absolute Gasteiger partial charge is 0.409 e. The lowest BCUT2D eigenvalue weighted by molar-refractivity contribution is 0.0947. The number of sulfonamides is 1. The van der Waals surface area contributed by atoms with E-state index in [1.807, 2.05) is 0 Å². The van der Waals surface area contributed by atoms with Crippen molar-refractivity contribution in [3.63, 3.8) is 0 Å². The molecule has 1 aromatic heterocycles. The highest BCUT2D eigenvalue weighted by Gasteiger charge is 2.26. The molecule has 1 aromatic carbocycles. The molecule has 2 aromatic rings. The number of rotatable bonds is 8. The summed E-state index contributed by atoms with van der Waals surface area (Å²) < 4.78 is 38.7. The number of nitrogens with one attached hydrogen (secondary N) is 1. The number of carbonyl (C=O) groups excluding carboxylic acids is 1. The molecule has 1 N–H and O–H groups in total. The molecular formula is C19H24N2O5S. The maximum Gasteiger partial charge on any atom is 0.409 e. The van der Waals surface area contributed by atoms with Crippen molar-refractivity contribution in [1.82, 2.24) is 9.62 Å². The Labute approximate surface area is 159 Å². The van der Waals surface area contributed by atoms with Gasteiger partial charge in [-0.05, 0) is 43.2 Å². The zero-order valence-electron chi connectivity index (χ0n) is 15.6. The van der Waals surface area contributed by atoms with Gasteiger partial charge in [0.15, 0.2) is 0 Å². The van der Waals surface area contributed by atoms with E-state index in [2.05, 4.69) is 11.3 Å². The number of hydrogen-bond donors (Lipinski definition) is 1. The van der Waals surface area contributed by atoms with Gasteiger partial charge in [0.25, 0.3) is 0 Å². The Bertz CT molecular complexity index is 861. The largest absolute Gasteiger partial charge is 0.468 e. The van der Waals surface area contributed by atoms with Gasteiger partial charge in [-0.2, -0.15) is 0 Å². The molecule has 0 aliphatic heterocycles. The highest BCUT2D eigenvalue weighted by atomic mass is 32.2. The maximum absolute atomic E-state index is 12.7. The molecule has 2 rings (SSSR count). The minimum atomic E-state index is -3.76. The van der Waals surface area contributed by atoms with Crippen molar-refractivity contribution in [3.8, 4) is 0 Å². The fourth-order valence-corrected chi connectivity index (χ4v) is 3.54. The summed E-state index contributed by atoms with van der Waals surface area (Å²) in [6, 6.07) is 10.7. The molecule has 0 aliphatic carbocycles. The van der Waals surface area contributed by atoms with Gasteiger partial charge >= 0.3 is 6.09 Å². The molecule has 146 valence electrons. The molecule has 0 fully saturated rings. The molecule has 2 atom stereocenters. The lowest BCUT2D eigenvalue weighted by Crippen LogP contribution is -2.31. The third-order valence-corrected chi connectivity index (χ3v) is 5.41. The molecule has 0 radical (unpaired) electrons. The molecule has 1 heterocycles. The van der Waals surface area contributed by atoms with Crippen molar-refractivity contribution in [3.05, 3.63) is 66.6 Å². The lowest BCUT2D eigenvalue weighted by Gasteiger charge is -2.22. The Morgan fingerprint density at radius 1 is 1.22 bits per heavy atom. The van der Waals surface area contributed by atoms with E-state index in [1.54, 1.807) is 51.4 Å². The number of carbonyl (C=O) groups is 1. The summed E-state index contributed by atoms with van der Waals surface area (Å²) in [6.45, 7) is 5.64. The van der Waals surface area contributed by atoms with E-state index in [4.69, 9.17) is 9.15 Å². The van der Waals surface area contributed by atoms with Crippen LogP contribution >= 0.6 is 0 Å². The minimum Gasteiger partial charge on any atom is -0.468 e. The first-order valence-electron chi connectivity index (χ1n) is 8.37. The van der Waals surface area contributed by atoms with Gasteiger partial charge < -0.3 is 14.1 Å². The van der Waals surface area contributed by atoms with Crippen LogP contribution in [0, 0.1) is 0 Å². The highest BCUT2D eigenvalue weighted by Crippen LogP contribution is 2.26. The second-order valence-corrected chi connectivity index (χ2v) is 8.00. The molecule has 0 saturated carbocycles. The summed E-state index contributed by atoms with van der Waals surface area (Å²) in [5.74, 6) is 0.446. The second-order valence-electron chi connectivity index (χ2n) is 6.29. The van der Waals surface area contributed by atoms with Crippen LogP contribution in [0.25, 0.3) is 0 Å². The number of nitrogens with zero attached hydrogens (tertiary/aromatic N) is 1. The molecule has 0 unspecified atom stereocenters. The van der Waals surface area contributed by atoms with Crippen molar-refractivity contribution in [2.75, 3.05) is 14.1 Å². The maximum atomic E-state index is 12.7. The van der Waals surface area contributed by atoms with E-state index in [1.165, 1.54) is 23.3 Å². The summed E-state index contributed by atoms with van der Waals surface area (Å²) in [5.41, 5.74) is 0.558. The van der Waals surface area contributed by atoms with Crippen LogP contribution in [-0.2, 0) is 14.8 Å². The van der Waals surface area contributed by atoms with Gasteiger partial charge in [-0.3, -0.25) is 0 Å². The van der Waals surface area contributed by atoms with Crippen molar-refractivity contribution in [1.29, 1.82) is 0 Å². The number of benzene rings is 1. The van der Waals surface area contributed by atoms with Crippen LogP contribution < -0.4 is 4.72 Å². The van der Waals surface area contributed by atoms with Gasteiger partial charge in [-0.15, -0.1) is 0 Å². The first-order valence-corrected chi connectivity index (χ1v) is 9.85. The highest BCUT2D eigenvalue weighted by molar-refractivity contribution is 7.89. The molecule has 0 spiro atoms. The van der Waals surface area contributed by atoms with E-state index in [0.717, 1.165) is 0 Å². The Balaban J connectivity index is 2.16. The number of amides is 1. The summed E-state index contributed by atoms with van der Waals surface area (Å²) in [5, 5.41) is 0. The molecular weight excluding hydrogens is 368 g/mol. The van der Waals surface area contributed by atoms with Gasteiger partial charge in [0.1, 0.15) is 11.9 Å². The van der Waals surface area contributed by atoms with Crippen molar-refractivity contribution < 1.29 is 22.4 Å². The SMILES string of the molecule is C=C(C[C@H](NS(=O)(=O)c1ccccc1)c1ccco1)[C@@H](C)OC(=O)N(C)C. The van der Waals surface area contributed by atoms with E-state index < -0.39 is 28.3 Å². The summed E-state index contributed by atoms with van der Waals surface area (Å²) in [7, 11) is -0.599. The third-order valence-electron chi connectivity index (χ3n) is 3.92. The van der Waals surface area contributed by atoms with Crippen molar-refractivity contribution in [2.45, 2.75) is 30.4 Å². The Morgan fingerprint density at radius 3 is 2.44 bits per heavy atom. The first-order chi connectivity index (χ1) is 12.7. The molecule has 27 heavy (non-hydrogen) atoms. The van der Waals surface area contributed by atoms with Crippen LogP contribution in [0.4, 0.5) is 4.79 Å². The minimum absolute atomic E-state index is 0.152. The van der Waals surface area contributed by atoms with Gasteiger partial charge in [0.2, 0.25) is 10.0 Å². The Hall–Kier alpha value is -2.58. The van der Waals surface area contributed by atoms with Gasteiger partial charge in [0, 0.05) is 14.1 Å². The molecule has 8 heteroatoms. The molecule has 0 aliphatic rings. The Kier molecular flexibility index (Phi) is 6.81. The van der Waals surface area contributed by atoms with Gasteiger partial charge in [-0.25, -0.2) is 17.9 Å². The fraction of sp³-hybridized carbons (Fsp3) is 0.316. The summed E-state index contributed by atoms with van der Waals surface area (Å²) >= 11 is 0. The van der Waals surface area contributed by atoms with Crippen molar-refractivity contribution in [2.24, 2.45) is 0 Å².